The molecule has 0 spiro atoms. The highest BCUT2D eigenvalue weighted by molar-refractivity contribution is 5.77. The third-order valence-corrected chi connectivity index (χ3v) is 3.14. The Morgan fingerprint density at radius 1 is 1.26 bits per heavy atom. The number of amides is 1. The van der Waals surface area contributed by atoms with E-state index in [4.69, 9.17) is 4.74 Å². The minimum absolute atomic E-state index is 0.00192. The van der Waals surface area contributed by atoms with E-state index < -0.39 is 6.10 Å². The van der Waals surface area contributed by atoms with Crippen molar-refractivity contribution in [2.45, 2.75) is 20.0 Å². The van der Waals surface area contributed by atoms with Crippen LogP contribution in [0.1, 0.15) is 19.4 Å². The van der Waals surface area contributed by atoms with Gasteiger partial charge in [0.25, 0.3) is 0 Å². The lowest BCUT2D eigenvalue weighted by atomic mass is 10.2. The van der Waals surface area contributed by atoms with Gasteiger partial charge in [0.1, 0.15) is 0 Å². The van der Waals surface area contributed by atoms with Crippen LogP contribution in [0.3, 0.4) is 0 Å². The minimum atomic E-state index is -0.555. The summed E-state index contributed by atoms with van der Waals surface area (Å²) in [6.07, 6.45) is 3.36. The second kappa shape index (κ2) is 11.8. The van der Waals surface area contributed by atoms with E-state index in [1.807, 2.05) is 56.3 Å². The smallest absolute Gasteiger partial charge is 0.222 e. The van der Waals surface area contributed by atoms with Crippen LogP contribution in [0.2, 0.25) is 0 Å². The number of benzene rings is 1. The molecule has 1 unspecified atom stereocenters. The molecule has 0 fully saturated rings. The van der Waals surface area contributed by atoms with Crippen LogP contribution < -0.4 is 10.6 Å². The van der Waals surface area contributed by atoms with Crippen molar-refractivity contribution in [3.8, 4) is 0 Å². The number of hydrogen-bond acceptors (Lipinski definition) is 4. The topological polar surface area (TPSA) is 70.6 Å². The van der Waals surface area contributed by atoms with Crippen molar-refractivity contribution in [1.82, 2.24) is 10.6 Å². The first-order valence-electron chi connectivity index (χ1n) is 8.05. The van der Waals surface area contributed by atoms with Crippen molar-refractivity contribution in [3.05, 3.63) is 42.0 Å². The largest absolute Gasteiger partial charge is 0.389 e. The zero-order valence-corrected chi connectivity index (χ0v) is 14.0. The van der Waals surface area contributed by atoms with Crippen molar-refractivity contribution in [2.75, 3.05) is 32.8 Å². The number of aliphatic hydroxyl groups is 1. The van der Waals surface area contributed by atoms with E-state index in [0.717, 1.165) is 5.56 Å². The Kier molecular flexibility index (Phi) is 9.95. The van der Waals surface area contributed by atoms with Gasteiger partial charge in [0, 0.05) is 25.6 Å². The maximum Gasteiger partial charge on any atom is 0.222 e. The quantitative estimate of drug-likeness (QED) is 0.540. The number of aliphatic hydroxyl groups excluding tert-OH is 1. The Hall–Kier alpha value is -1.69. The van der Waals surface area contributed by atoms with Crippen molar-refractivity contribution in [1.29, 1.82) is 0 Å². The van der Waals surface area contributed by atoms with E-state index in [-0.39, 0.29) is 18.4 Å². The molecule has 1 aromatic rings. The Morgan fingerprint density at radius 3 is 2.70 bits per heavy atom. The molecule has 0 saturated carbocycles. The molecule has 5 heteroatoms. The molecule has 0 aliphatic carbocycles. The molecule has 0 saturated heterocycles. The molecule has 5 nitrogen and oxygen atoms in total. The molecule has 1 amide bonds. The zero-order valence-electron chi connectivity index (χ0n) is 14.0. The van der Waals surface area contributed by atoms with Gasteiger partial charge in [0.05, 0.1) is 19.3 Å². The summed E-state index contributed by atoms with van der Waals surface area (Å²) in [6, 6.07) is 9.99. The van der Waals surface area contributed by atoms with Crippen LogP contribution in [0.5, 0.6) is 0 Å². The fraction of sp³-hybridized carbons (Fsp3) is 0.500. The van der Waals surface area contributed by atoms with E-state index in [1.165, 1.54) is 0 Å². The average Bonchev–Trinajstić information content (AvgIpc) is 2.54. The maximum absolute atomic E-state index is 11.3. The summed E-state index contributed by atoms with van der Waals surface area (Å²) in [5, 5.41) is 15.7. The van der Waals surface area contributed by atoms with Gasteiger partial charge in [-0.15, -0.1) is 0 Å². The minimum Gasteiger partial charge on any atom is -0.389 e. The first-order chi connectivity index (χ1) is 11.1. The molecule has 23 heavy (non-hydrogen) atoms. The van der Waals surface area contributed by atoms with Gasteiger partial charge in [-0.25, -0.2) is 0 Å². The highest BCUT2D eigenvalue weighted by Gasteiger charge is 2.06. The number of carbonyl (C=O) groups is 1. The molecule has 0 radical (unpaired) electrons. The summed E-state index contributed by atoms with van der Waals surface area (Å²) in [4.78, 5) is 11.3. The van der Waals surface area contributed by atoms with E-state index in [1.54, 1.807) is 0 Å². The number of hydrogen-bond donors (Lipinski definition) is 3. The van der Waals surface area contributed by atoms with Gasteiger partial charge in [0.2, 0.25) is 5.91 Å². The van der Waals surface area contributed by atoms with Crippen molar-refractivity contribution >= 4 is 12.0 Å². The zero-order chi connectivity index (χ0) is 16.9. The van der Waals surface area contributed by atoms with Gasteiger partial charge in [-0.1, -0.05) is 56.3 Å². The highest BCUT2D eigenvalue weighted by Crippen LogP contribution is 2.00. The second-order valence-electron chi connectivity index (χ2n) is 5.65. The first-order valence-corrected chi connectivity index (χ1v) is 8.05. The third-order valence-electron chi connectivity index (χ3n) is 3.14. The summed E-state index contributed by atoms with van der Waals surface area (Å²) in [7, 11) is 0. The number of ether oxygens (including phenoxy) is 1. The monoisotopic (exact) mass is 320 g/mol. The Bertz CT molecular complexity index is 461. The van der Waals surface area contributed by atoms with Crippen molar-refractivity contribution in [2.24, 2.45) is 5.92 Å². The van der Waals surface area contributed by atoms with Crippen LogP contribution in [0, 0.1) is 5.92 Å². The van der Waals surface area contributed by atoms with Gasteiger partial charge >= 0.3 is 0 Å². The molecule has 0 bridgehead atoms. The number of nitrogens with one attached hydrogen (secondary N) is 2. The van der Waals surface area contributed by atoms with Crippen molar-refractivity contribution in [3.63, 3.8) is 0 Å². The van der Waals surface area contributed by atoms with Gasteiger partial charge in [-0.2, -0.15) is 0 Å². The second-order valence-corrected chi connectivity index (χ2v) is 5.65. The van der Waals surface area contributed by atoms with Gasteiger partial charge in [-0.05, 0) is 5.56 Å². The van der Waals surface area contributed by atoms with Crippen LogP contribution >= 0.6 is 0 Å². The van der Waals surface area contributed by atoms with Crippen LogP contribution in [0.15, 0.2) is 36.4 Å². The molecule has 1 rings (SSSR count). The highest BCUT2D eigenvalue weighted by atomic mass is 16.5. The standard InChI is InChI=1S/C18H28N2O3/c1-15(2)18(22)20-11-10-19-13-17(21)14-23-12-6-9-16-7-4-3-5-8-16/h3-9,15,17,19,21H,10-14H2,1-2H3,(H,20,22). The SMILES string of the molecule is CC(C)C(=O)NCCNCC(O)COCC=Cc1ccccc1. The summed E-state index contributed by atoms with van der Waals surface area (Å²) >= 11 is 0. The Morgan fingerprint density at radius 2 is 2.00 bits per heavy atom. The van der Waals surface area contributed by atoms with Gasteiger partial charge < -0.3 is 20.5 Å². The van der Waals surface area contributed by atoms with E-state index in [2.05, 4.69) is 10.6 Å². The van der Waals surface area contributed by atoms with Gasteiger partial charge in [0.15, 0.2) is 0 Å². The molecular weight excluding hydrogens is 292 g/mol. The fourth-order valence-corrected chi connectivity index (χ4v) is 1.83. The molecule has 3 N–H and O–H groups in total. The van der Waals surface area contributed by atoms with Crippen LogP contribution in [-0.2, 0) is 9.53 Å². The lowest BCUT2D eigenvalue weighted by Crippen LogP contribution is -2.37. The molecule has 0 aromatic heterocycles. The number of rotatable bonds is 11. The van der Waals surface area contributed by atoms with E-state index in [9.17, 15) is 9.90 Å². The average molecular weight is 320 g/mol. The van der Waals surface area contributed by atoms with Crippen LogP contribution in [0.25, 0.3) is 6.08 Å². The molecular formula is C18H28N2O3. The molecule has 1 atom stereocenters. The summed E-state index contributed by atoms with van der Waals surface area (Å²) < 4.78 is 5.40. The molecule has 0 aliphatic rings. The molecule has 0 aliphatic heterocycles. The third kappa shape index (κ3) is 9.84. The van der Waals surface area contributed by atoms with E-state index in [0.29, 0.717) is 26.2 Å². The Balaban J connectivity index is 1.99. The maximum atomic E-state index is 11.3. The first kappa shape index (κ1) is 19.4. The van der Waals surface area contributed by atoms with Gasteiger partial charge in [-0.3, -0.25) is 4.79 Å². The van der Waals surface area contributed by atoms with Crippen LogP contribution in [-0.4, -0.2) is 50.0 Å². The molecule has 128 valence electrons. The molecule has 0 heterocycles. The van der Waals surface area contributed by atoms with Crippen molar-refractivity contribution < 1.29 is 14.6 Å². The fourth-order valence-electron chi connectivity index (χ4n) is 1.83. The summed E-state index contributed by atoms with van der Waals surface area (Å²) in [5.74, 6) is 0.0406. The predicted octanol–water partition coefficient (Wildman–Crippen LogP) is 1.44. The predicted molar refractivity (Wildman–Crippen MR) is 93.0 cm³/mol. The van der Waals surface area contributed by atoms with Crippen LogP contribution in [0.4, 0.5) is 0 Å². The lowest BCUT2D eigenvalue weighted by molar-refractivity contribution is -0.123. The molecule has 1 aromatic carbocycles. The van der Waals surface area contributed by atoms with E-state index >= 15 is 0 Å². The normalized spacial score (nSPS) is 12.7. The lowest BCUT2D eigenvalue weighted by Gasteiger charge is -2.12. The number of carbonyl (C=O) groups excluding carboxylic acids is 1. The summed E-state index contributed by atoms with van der Waals surface area (Å²) in [5.41, 5.74) is 1.13. The summed E-state index contributed by atoms with van der Waals surface area (Å²) in [6.45, 7) is 6.10. The Labute approximate surface area is 138 Å².